The summed E-state index contributed by atoms with van der Waals surface area (Å²) in [7, 11) is 0. The Kier molecular flexibility index (Phi) is 4.28. The van der Waals surface area contributed by atoms with Gasteiger partial charge in [-0.2, -0.15) is 0 Å². The van der Waals surface area contributed by atoms with Gasteiger partial charge in [0.25, 0.3) is 0 Å². The maximum Gasteiger partial charge on any atom is 0.166 e. The van der Waals surface area contributed by atoms with E-state index in [0.29, 0.717) is 6.42 Å². The van der Waals surface area contributed by atoms with Crippen molar-refractivity contribution < 1.29 is 13.6 Å². The zero-order chi connectivity index (χ0) is 14.7. The maximum absolute atomic E-state index is 13.5. The smallest absolute Gasteiger partial charge is 0.166 e. The molecule has 2 aromatic carbocycles. The van der Waals surface area contributed by atoms with Gasteiger partial charge in [0.15, 0.2) is 5.78 Å². The Balaban J connectivity index is 2.10. The van der Waals surface area contributed by atoms with Crippen LogP contribution in [0.5, 0.6) is 0 Å². The van der Waals surface area contributed by atoms with Crippen LogP contribution < -0.4 is 0 Å². The molecule has 0 spiro atoms. The van der Waals surface area contributed by atoms with Crippen molar-refractivity contribution in [1.29, 1.82) is 0 Å². The Morgan fingerprint density at radius 2 is 1.80 bits per heavy atom. The molecule has 0 aliphatic heterocycles. The van der Waals surface area contributed by atoms with E-state index in [4.69, 9.17) is 0 Å². The minimum absolute atomic E-state index is 0.0447. The van der Waals surface area contributed by atoms with Gasteiger partial charge in [0, 0.05) is 12.5 Å². The molecule has 0 bridgehead atoms. The zero-order valence-electron chi connectivity index (χ0n) is 11.5. The molecular weight excluding hydrogens is 258 g/mol. The van der Waals surface area contributed by atoms with Gasteiger partial charge < -0.3 is 0 Å². The molecule has 2 aromatic rings. The summed E-state index contributed by atoms with van der Waals surface area (Å²) in [5.41, 5.74) is 3.28. The van der Waals surface area contributed by atoms with E-state index >= 15 is 0 Å². The molecule has 104 valence electrons. The molecule has 0 N–H and O–H groups in total. The molecule has 0 aliphatic carbocycles. The van der Waals surface area contributed by atoms with E-state index in [1.165, 1.54) is 6.07 Å². The van der Waals surface area contributed by atoms with Crippen molar-refractivity contribution >= 4 is 5.78 Å². The fourth-order valence-electron chi connectivity index (χ4n) is 2.17. The predicted octanol–water partition coefficient (Wildman–Crippen LogP) is 4.40. The highest BCUT2D eigenvalue weighted by Crippen LogP contribution is 2.16. The highest BCUT2D eigenvalue weighted by Gasteiger charge is 2.13. The average Bonchev–Trinajstić information content (AvgIpc) is 2.39. The second-order valence-corrected chi connectivity index (χ2v) is 4.98. The van der Waals surface area contributed by atoms with Gasteiger partial charge in [-0.25, -0.2) is 8.78 Å². The second kappa shape index (κ2) is 5.95. The third kappa shape index (κ3) is 3.29. The first-order chi connectivity index (χ1) is 9.47. The first-order valence-electron chi connectivity index (χ1n) is 6.52. The predicted molar refractivity (Wildman–Crippen MR) is 74.9 cm³/mol. The molecular formula is C17H16F2O. The van der Waals surface area contributed by atoms with E-state index in [-0.39, 0.29) is 17.8 Å². The SMILES string of the molecule is Cc1ccc(C)c(CCC(=O)c2ccc(F)cc2F)c1. The summed E-state index contributed by atoms with van der Waals surface area (Å²) in [6.07, 6.45) is 0.774. The number of aryl methyl sites for hydroxylation is 3. The van der Waals surface area contributed by atoms with Gasteiger partial charge in [-0.05, 0) is 43.5 Å². The lowest BCUT2D eigenvalue weighted by molar-refractivity contribution is 0.0979. The lowest BCUT2D eigenvalue weighted by atomic mass is 9.98. The van der Waals surface area contributed by atoms with Crippen molar-refractivity contribution in [2.45, 2.75) is 26.7 Å². The molecule has 0 fully saturated rings. The van der Waals surface area contributed by atoms with Crippen molar-refractivity contribution in [3.8, 4) is 0 Å². The van der Waals surface area contributed by atoms with E-state index in [1.54, 1.807) is 0 Å². The van der Waals surface area contributed by atoms with Crippen LogP contribution in [0.3, 0.4) is 0 Å². The van der Waals surface area contributed by atoms with E-state index < -0.39 is 11.6 Å². The third-order valence-corrected chi connectivity index (χ3v) is 3.36. The van der Waals surface area contributed by atoms with Gasteiger partial charge in [0.05, 0.1) is 5.56 Å². The molecule has 2 rings (SSSR count). The minimum Gasteiger partial charge on any atom is -0.294 e. The van der Waals surface area contributed by atoms with Crippen LogP contribution in [0, 0.1) is 25.5 Å². The van der Waals surface area contributed by atoms with E-state index in [0.717, 1.165) is 28.8 Å². The lowest BCUT2D eigenvalue weighted by Gasteiger charge is -2.07. The van der Waals surface area contributed by atoms with Crippen molar-refractivity contribution in [3.05, 3.63) is 70.3 Å². The molecule has 0 aliphatic rings. The number of rotatable bonds is 4. The third-order valence-electron chi connectivity index (χ3n) is 3.36. The van der Waals surface area contributed by atoms with Crippen LogP contribution in [-0.2, 0) is 6.42 Å². The number of benzene rings is 2. The molecule has 20 heavy (non-hydrogen) atoms. The van der Waals surface area contributed by atoms with Crippen LogP contribution in [0.4, 0.5) is 8.78 Å². The number of hydrogen-bond acceptors (Lipinski definition) is 1. The van der Waals surface area contributed by atoms with Gasteiger partial charge in [-0.3, -0.25) is 4.79 Å². The standard InChI is InChI=1S/C17H16F2O/c1-11-3-4-12(2)13(9-11)5-8-17(20)15-7-6-14(18)10-16(15)19/h3-4,6-7,9-10H,5,8H2,1-2H3. The molecule has 0 atom stereocenters. The summed E-state index contributed by atoms with van der Waals surface area (Å²) in [5, 5.41) is 0. The van der Waals surface area contributed by atoms with Crippen molar-refractivity contribution in [1.82, 2.24) is 0 Å². The number of carbonyl (C=O) groups is 1. The fourth-order valence-corrected chi connectivity index (χ4v) is 2.17. The lowest BCUT2D eigenvalue weighted by Crippen LogP contribution is -2.05. The summed E-state index contributed by atoms with van der Waals surface area (Å²) in [6.45, 7) is 3.97. The van der Waals surface area contributed by atoms with Crippen LogP contribution in [0.1, 0.15) is 33.5 Å². The topological polar surface area (TPSA) is 17.1 Å². The molecule has 3 heteroatoms. The van der Waals surface area contributed by atoms with E-state index in [9.17, 15) is 13.6 Å². The molecule has 0 radical (unpaired) electrons. The monoisotopic (exact) mass is 274 g/mol. The molecule has 0 saturated heterocycles. The molecule has 1 nitrogen and oxygen atoms in total. The fraction of sp³-hybridized carbons (Fsp3) is 0.235. The van der Waals surface area contributed by atoms with E-state index in [1.807, 2.05) is 32.0 Å². The molecule has 0 aromatic heterocycles. The summed E-state index contributed by atoms with van der Waals surface area (Å²) in [5.74, 6) is -1.77. The number of halogens is 2. The normalized spacial score (nSPS) is 10.6. The van der Waals surface area contributed by atoms with Crippen LogP contribution in [0.2, 0.25) is 0 Å². The first kappa shape index (κ1) is 14.4. The van der Waals surface area contributed by atoms with Gasteiger partial charge in [-0.15, -0.1) is 0 Å². The largest absolute Gasteiger partial charge is 0.294 e. The Morgan fingerprint density at radius 1 is 1.05 bits per heavy atom. The number of carbonyl (C=O) groups excluding carboxylic acids is 1. The van der Waals surface area contributed by atoms with Gasteiger partial charge >= 0.3 is 0 Å². The summed E-state index contributed by atoms with van der Waals surface area (Å²) >= 11 is 0. The van der Waals surface area contributed by atoms with Crippen LogP contribution in [-0.4, -0.2) is 5.78 Å². The van der Waals surface area contributed by atoms with Gasteiger partial charge in [0.2, 0.25) is 0 Å². The molecule has 0 unspecified atom stereocenters. The molecule has 0 amide bonds. The average molecular weight is 274 g/mol. The van der Waals surface area contributed by atoms with Crippen molar-refractivity contribution in [2.75, 3.05) is 0 Å². The highest BCUT2D eigenvalue weighted by atomic mass is 19.1. The van der Waals surface area contributed by atoms with Crippen LogP contribution >= 0.6 is 0 Å². The summed E-state index contributed by atoms with van der Waals surface area (Å²) < 4.78 is 26.3. The quantitative estimate of drug-likeness (QED) is 0.755. The number of hydrogen-bond donors (Lipinski definition) is 0. The van der Waals surface area contributed by atoms with Crippen molar-refractivity contribution in [3.63, 3.8) is 0 Å². The summed E-state index contributed by atoms with van der Waals surface area (Å²) in [6, 6.07) is 9.10. The highest BCUT2D eigenvalue weighted by molar-refractivity contribution is 5.96. The van der Waals surface area contributed by atoms with Gasteiger partial charge in [-0.1, -0.05) is 23.8 Å². The Bertz CT molecular complexity index is 647. The minimum atomic E-state index is -0.795. The van der Waals surface area contributed by atoms with Crippen molar-refractivity contribution in [2.24, 2.45) is 0 Å². The Labute approximate surface area is 117 Å². The zero-order valence-corrected chi connectivity index (χ0v) is 11.5. The van der Waals surface area contributed by atoms with E-state index in [2.05, 4.69) is 0 Å². The summed E-state index contributed by atoms with van der Waals surface area (Å²) in [4.78, 5) is 12.0. The molecule has 0 saturated carbocycles. The first-order valence-corrected chi connectivity index (χ1v) is 6.52. The van der Waals surface area contributed by atoms with Crippen LogP contribution in [0.25, 0.3) is 0 Å². The second-order valence-electron chi connectivity index (χ2n) is 4.98. The maximum atomic E-state index is 13.5. The van der Waals surface area contributed by atoms with Crippen LogP contribution in [0.15, 0.2) is 36.4 Å². The Hall–Kier alpha value is -2.03. The molecule has 0 heterocycles. The Morgan fingerprint density at radius 3 is 2.50 bits per heavy atom. The number of Topliss-reactive ketones (excluding diaryl/α,β-unsaturated/α-hetero) is 1. The van der Waals surface area contributed by atoms with Gasteiger partial charge in [0.1, 0.15) is 11.6 Å². The number of ketones is 1.